The second-order valence-electron chi connectivity index (χ2n) is 5.72. The van der Waals surface area contributed by atoms with Crippen LogP contribution in [0.2, 0.25) is 0 Å². The lowest BCUT2D eigenvalue weighted by molar-refractivity contribution is -0.175. The first kappa shape index (κ1) is 21.1. The number of rotatable bonds is 7. The predicted octanol–water partition coefficient (Wildman–Crippen LogP) is 3.34. The fraction of sp³-hybridized carbons (Fsp3) is 0.263. The van der Waals surface area contributed by atoms with E-state index in [2.05, 4.69) is 0 Å². The van der Waals surface area contributed by atoms with Gasteiger partial charge >= 0.3 is 18.1 Å². The molecule has 1 atom stereocenters. The average Bonchev–Trinajstić information content (AvgIpc) is 2.64. The molecule has 0 radical (unpaired) electrons. The van der Waals surface area contributed by atoms with Crippen molar-refractivity contribution in [2.45, 2.75) is 25.6 Å². The topological polar surface area (TPSA) is 84.9 Å². The zero-order valence-corrected chi connectivity index (χ0v) is 14.8. The van der Waals surface area contributed by atoms with Crippen molar-refractivity contribution in [1.29, 1.82) is 0 Å². The van der Waals surface area contributed by atoms with Crippen molar-refractivity contribution in [3.05, 3.63) is 54.1 Å². The van der Waals surface area contributed by atoms with Crippen molar-refractivity contribution in [1.82, 2.24) is 5.32 Å². The van der Waals surface area contributed by atoms with E-state index < -0.39 is 24.1 Å². The van der Waals surface area contributed by atoms with E-state index in [1.165, 1.54) is 19.1 Å². The van der Waals surface area contributed by atoms with Gasteiger partial charge < -0.3 is 19.9 Å². The van der Waals surface area contributed by atoms with Gasteiger partial charge in [0.15, 0.2) is 0 Å². The summed E-state index contributed by atoms with van der Waals surface area (Å²) in [6.45, 7) is 1.48. The van der Waals surface area contributed by atoms with E-state index in [-0.39, 0.29) is 18.8 Å². The molecule has 0 spiro atoms. The van der Waals surface area contributed by atoms with Crippen LogP contribution in [0.4, 0.5) is 13.2 Å². The highest BCUT2D eigenvalue weighted by atomic mass is 19.4. The number of benzene rings is 2. The molecule has 0 bridgehead atoms. The smallest absolute Gasteiger partial charge is 0.471 e. The molecule has 0 saturated heterocycles. The molecule has 2 aromatic rings. The van der Waals surface area contributed by atoms with Crippen LogP contribution in [0, 0.1) is 0 Å². The normalized spacial score (nSPS) is 12.1. The molecule has 150 valence electrons. The summed E-state index contributed by atoms with van der Waals surface area (Å²) in [6, 6.07) is 10.8. The zero-order chi connectivity index (χ0) is 20.7. The predicted molar refractivity (Wildman–Crippen MR) is 92.9 cm³/mol. The van der Waals surface area contributed by atoms with Crippen molar-refractivity contribution in [2.75, 3.05) is 6.61 Å². The lowest BCUT2D eigenvalue weighted by atomic mass is 10.1. The van der Waals surface area contributed by atoms with E-state index in [1.54, 1.807) is 41.7 Å². The molecule has 2 rings (SSSR count). The highest BCUT2D eigenvalue weighted by molar-refractivity contribution is 5.87. The number of hydrogen-bond acceptors (Lipinski definition) is 5. The number of phenolic OH excluding ortho intramolecular Hbond substituents is 1. The maximum atomic E-state index is 12.5. The number of halogens is 3. The van der Waals surface area contributed by atoms with Crippen molar-refractivity contribution in [3.8, 4) is 17.2 Å². The third kappa shape index (κ3) is 6.19. The summed E-state index contributed by atoms with van der Waals surface area (Å²) in [5, 5.41) is 10.9. The molecule has 9 heteroatoms. The number of alkyl halides is 3. The van der Waals surface area contributed by atoms with E-state index in [4.69, 9.17) is 9.47 Å². The Labute approximate surface area is 158 Å². The van der Waals surface area contributed by atoms with Gasteiger partial charge in [-0.2, -0.15) is 13.2 Å². The third-order valence-electron chi connectivity index (χ3n) is 3.57. The molecule has 0 fully saturated rings. The van der Waals surface area contributed by atoms with E-state index in [9.17, 15) is 27.9 Å². The van der Waals surface area contributed by atoms with Crippen LogP contribution in [0.5, 0.6) is 17.2 Å². The second kappa shape index (κ2) is 9.12. The van der Waals surface area contributed by atoms with Gasteiger partial charge in [-0.05, 0) is 48.9 Å². The molecule has 0 aliphatic carbocycles. The van der Waals surface area contributed by atoms with Gasteiger partial charge in [0.05, 0.1) is 6.61 Å². The summed E-state index contributed by atoms with van der Waals surface area (Å²) < 4.78 is 47.8. The quantitative estimate of drug-likeness (QED) is 0.700. The second-order valence-corrected chi connectivity index (χ2v) is 5.72. The average molecular weight is 397 g/mol. The Morgan fingerprint density at radius 2 is 1.57 bits per heavy atom. The van der Waals surface area contributed by atoms with E-state index >= 15 is 0 Å². The van der Waals surface area contributed by atoms with Gasteiger partial charge in [0, 0.05) is 6.42 Å². The molecule has 0 saturated carbocycles. The van der Waals surface area contributed by atoms with Gasteiger partial charge in [-0.25, -0.2) is 4.79 Å². The first-order chi connectivity index (χ1) is 13.2. The summed E-state index contributed by atoms with van der Waals surface area (Å²) in [6.07, 6.45) is -5.29. The summed E-state index contributed by atoms with van der Waals surface area (Å²) in [5.74, 6) is -2.15. The summed E-state index contributed by atoms with van der Waals surface area (Å²) in [4.78, 5) is 23.1. The van der Waals surface area contributed by atoms with Crippen molar-refractivity contribution in [3.63, 3.8) is 0 Å². The molecule has 2 N–H and O–H groups in total. The number of nitrogens with one attached hydrogen (secondary N) is 1. The molecule has 6 nitrogen and oxygen atoms in total. The van der Waals surface area contributed by atoms with Crippen LogP contribution < -0.4 is 10.1 Å². The molecular formula is C19H18F3NO5. The SMILES string of the molecule is CCOC(=O)[C@H](Cc1ccc(Oc2ccc(O)cc2)cc1)NC(=O)C(F)(F)F. The van der Waals surface area contributed by atoms with E-state index in [1.807, 2.05) is 0 Å². The maximum absolute atomic E-state index is 12.5. The summed E-state index contributed by atoms with van der Waals surface area (Å²) in [7, 11) is 0. The number of esters is 1. The molecule has 0 heterocycles. The first-order valence-electron chi connectivity index (χ1n) is 8.29. The molecule has 0 aliphatic rings. The number of aromatic hydroxyl groups is 1. The molecule has 28 heavy (non-hydrogen) atoms. The number of carbonyl (C=O) groups excluding carboxylic acids is 2. The minimum Gasteiger partial charge on any atom is -0.508 e. The fourth-order valence-corrected chi connectivity index (χ4v) is 2.26. The molecule has 2 aromatic carbocycles. The number of amides is 1. The van der Waals surface area contributed by atoms with Crippen LogP contribution in [0.1, 0.15) is 12.5 Å². The number of phenols is 1. The third-order valence-corrected chi connectivity index (χ3v) is 3.57. The van der Waals surface area contributed by atoms with Gasteiger partial charge in [-0.1, -0.05) is 12.1 Å². The summed E-state index contributed by atoms with van der Waals surface area (Å²) >= 11 is 0. The maximum Gasteiger partial charge on any atom is 0.471 e. The first-order valence-corrected chi connectivity index (χ1v) is 8.29. The standard InChI is InChI=1S/C19H18F3NO5/c1-2-27-17(25)16(23-18(26)19(20,21)22)11-12-3-7-14(8-4-12)28-15-9-5-13(24)6-10-15/h3-10,16,24H,2,11H2,1H3,(H,23,26)/t16-/m0/s1. The van der Waals surface area contributed by atoms with E-state index in [0.717, 1.165) is 0 Å². The number of ether oxygens (including phenoxy) is 2. The molecule has 0 unspecified atom stereocenters. The minimum atomic E-state index is -5.10. The van der Waals surface area contributed by atoms with Crippen LogP contribution in [-0.2, 0) is 20.7 Å². The largest absolute Gasteiger partial charge is 0.508 e. The highest BCUT2D eigenvalue weighted by Gasteiger charge is 2.41. The highest BCUT2D eigenvalue weighted by Crippen LogP contribution is 2.24. The van der Waals surface area contributed by atoms with Gasteiger partial charge in [-0.15, -0.1) is 0 Å². The van der Waals surface area contributed by atoms with E-state index in [0.29, 0.717) is 17.1 Å². The zero-order valence-electron chi connectivity index (χ0n) is 14.8. The minimum absolute atomic E-state index is 0.0311. The summed E-state index contributed by atoms with van der Waals surface area (Å²) in [5.41, 5.74) is 0.499. The van der Waals surface area contributed by atoms with Crippen molar-refractivity contribution >= 4 is 11.9 Å². The molecule has 1 amide bonds. The number of hydrogen-bond donors (Lipinski definition) is 2. The lowest BCUT2D eigenvalue weighted by Crippen LogP contribution is -2.48. The van der Waals surface area contributed by atoms with Gasteiger partial charge in [-0.3, -0.25) is 4.79 Å². The molecular weight excluding hydrogens is 379 g/mol. The Bertz CT molecular complexity index is 804. The molecule has 0 aliphatic heterocycles. The van der Waals surface area contributed by atoms with Gasteiger partial charge in [0.1, 0.15) is 23.3 Å². The van der Waals surface area contributed by atoms with Gasteiger partial charge in [0.25, 0.3) is 0 Å². The Hall–Kier alpha value is -3.23. The molecule has 0 aromatic heterocycles. The van der Waals surface area contributed by atoms with Crippen LogP contribution >= 0.6 is 0 Å². The van der Waals surface area contributed by atoms with Crippen LogP contribution in [0.25, 0.3) is 0 Å². The Morgan fingerprint density at radius 1 is 1.04 bits per heavy atom. The Kier molecular flexibility index (Phi) is 6.86. The number of carbonyl (C=O) groups is 2. The van der Waals surface area contributed by atoms with Gasteiger partial charge in [0.2, 0.25) is 0 Å². The van der Waals surface area contributed by atoms with Crippen LogP contribution in [0.15, 0.2) is 48.5 Å². The lowest BCUT2D eigenvalue weighted by Gasteiger charge is -2.18. The Balaban J connectivity index is 2.07. The Morgan fingerprint density at radius 3 is 2.07 bits per heavy atom. The van der Waals surface area contributed by atoms with Crippen molar-refractivity contribution < 1.29 is 37.3 Å². The fourth-order valence-electron chi connectivity index (χ4n) is 2.26. The monoisotopic (exact) mass is 397 g/mol. The van der Waals surface area contributed by atoms with Crippen LogP contribution in [0.3, 0.4) is 0 Å². The van der Waals surface area contributed by atoms with Crippen molar-refractivity contribution in [2.24, 2.45) is 0 Å². The van der Waals surface area contributed by atoms with Crippen LogP contribution in [-0.4, -0.2) is 35.8 Å².